The zero-order valence-corrected chi connectivity index (χ0v) is 9.65. The van der Waals surface area contributed by atoms with E-state index in [2.05, 4.69) is 0 Å². The minimum Gasteiger partial charge on any atom is -0.396 e. The van der Waals surface area contributed by atoms with E-state index in [9.17, 15) is 13.5 Å². The van der Waals surface area contributed by atoms with E-state index in [1.54, 1.807) is 0 Å². The van der Waals surface area contributed by atoms with Gasteiger partial charge in [-0.2, -0.15) is 0 Å². The van der Waals surface area contributed by atoms with Gasteiger partial charge >= 0.3 is 0 Å². The Hall–Kier alpha value is -0.0900. The van der Waals surface area contributed by atoms with Gasteiger partial charge in [-0.25, -0.2) is 8.42 Å². The molecule has 1 fully saturated rings. The van der Waals surface area contributed by atoms with Gasteiger partial charge in [0.15, 0.2) is 0 Å². The van der Waals surface area contributed by atoms with Crippen molar-refractivity contribution in [3.05, 3.63) is 0 Å². The third-order valence-electron chi connectivity index (χ3n) is 3.25. The molecule has 0 amide bonds. The Morgan fingerprint density at radius 2 is 1.79 bits per heavy atom. The Morgan fingerprint density at radius 1 is 1.21 bits per heavy atom. The Balaban J connectivity index is 2.52. The second-order valence-corrected chi connectivity index (χ2v) is 6.86. The maximum Gasteiger partial charge on any atom is 0.147 e. The average molecular weight is 220 g/mol. The molecule has 0 aromatic carbocycles. The van der Waals surface area contributed by atoms with E-state index >= 15 is 0 Å². The number of hydrogen-bond acceptors (Lipinski definition) is 3. The first-order chi connectivity index (χ1) is 6.47. The van der Waals surface area contributed by atoms with E-state index < -0.39 is 9.84 Å². The van der Waals surface area contributed by atoms with Gasteiger partial charge in [-0.15, -0.1) is 0 Å². The minimum absolute atomic E-state index is 0.0959. The van der Waals surface area contributed by atoms with E-state index in [0.717, 1.165) is 25.7 Å². The first-order valence-electron chi connectivity index (χ1n) is 5.26. The molecule has 0 heterocycles. The monoisotopic (exact) mass is 220 g/mol. The molecule has 1 rings (SSSR count). The molecular formula is C10H20O3S. The second-order valence-electron chi connectivity index (χ2n) is 4.60. The highest BCUT2D eigenvalue weighted by atomic mass is 32.2. The molecule has 14 heavy (non-hydrogen) atoms. The van der Waals surface area contributed by atoms with Gasteiger partial charge in [-0.3, -0.25) is 0 Å². The van der Waals surface area contributed by atoms with Crippen molar-refractivity contribution >= 4 is 9.84 Å². The maximum absolute atomic E-state index is 11.1. The molecule has 0 aliphatic heterocycles. The Kier molecular flexibility index (Phi) is 3.95. The van der Waals surface area contributed by atoms with E-state index in [1.807, 2.05) is 0 Å². The summed E-state index contributed by atoms with van der Waals surface area (Å²) in [5.74, 6) is 0.216. The van der Waals surface area contributed by atoms with Crippen molar-refractivity contribution in [2.24, 2.45) is 5.41 Å². The molecule has 1 aliphatic carbocycles. The van der Waals surface area contributed by atoms with E-state index in [4.69, 9.17) is 0 Å². The minimum atomic E-state index is -2.88. The SMILES string of the molecule is CS(=O)(=O)CCC1(CO)CCCCC1. The van der Waals surface area contributed by atoms with Crippen molar-refractivity contribution in [1.29, 1.82) is 0 Å². The number of sulfone groups is 1. The van der Waals surface area contributed by atoms with Crippen LogP contribution < -0.4 is 0 Å². The summed E-state index contributed by atoms with van der Waals surface area (Å²) in [6, 6.07) is 0. The zero-order chi connectivity index (χ0) is 10.7. The third kappa shape index (κ3) is 3.58. The summed E-state index contributed by atoms with van der Waals surface area (Å²) in [5, 5.41) is 9.34. The summed E-state index contributed by atoms with van der Waals surface area (Å²) in [5.41, 5.74) is -0.0959. The number of aliphatic hydroxyl groups excluding tert-OH is 1. The number of hydrogen-bond donors (Lipinski definition) is 1. The molecule has 1 saturated carbocycles. The first-order valence-corrected chi connectivity index (χ1v) is 7.32. The van der Waals surface area contributed by atoms with Crippen LogP contribution in [0.1, 0.15) is 38.5 Å². The van der Waals surface area contributed by atoms with Gasteiger partial charge in [-0.1, -0.05) is 19.3 Å². The molecule has 0 atom stereocenters. The van der Waals surface area contributed by atoms with Gasteiger partial charge in [0.2, 0.25) is 0 Å². The topological polar surface area (TPSA) is 54.4 Å². The third-order valence-corrected chi connectivity index (χ3v) is 4.20. The fraction of sp³-hybridized carbons (Fsp3) is 1.00. The van der Waals surface area contributed by atoms with Crippen LogP contribution in [0, 0.1) is 5.41 Å². The maximum atomic E-state index is 11.1. The highest BCUT2D eigenvalue weighted by molar-refractivity contribution is 7.90. The van der Waals surface area contributed by atoms with Crippen molar-refractivity contribution in [3.8, 4) is 0 Å². The van der Waals surface area contributed by atoms with Crippen molar-refractivity contribution in [2.45, 2.75) is 38.5 Å². The lowest BCUT2D eigenvalue weighted by Gasteiger charge is -2.35. The summed E-state index contributed by atoms with van der Waals surface area (Å²) >= 11 is 0. The van der Waals surface area contributed by atoms with Crippen molar-refractivity contribution < 1.29 is 13.5 Å². The van der Waals surface area contributed by atoms with Gasteiger partial charge in [0.25, 0.3) is 0 Å². The van der Waals surface area contributed by atoms with Crippen LogP contribution >= 0.6 is 0 Å². The van der Waals surface area contributed by atoms with Gasteiger partial charge in [0, 0.05) is 12.9 Å². The summed E-state index contributed by atoms with van der Waals surface area (Å²) in [4.78, 5) is 0. The standard InChI is InChI=1S/C10H20O3S/c1-14(12,13)8-7-10(9-11)5-3-2-4-6-10/h11H,2-9H2,1H3. The Morgan fingerprint density at radius 3 is 2.21 bits per heavy atom. The second kappa shape index (κ2) is 4.62. The van der Waals surface area contributed by atoms with E-state index in [1.165, 1.54) is 12.7 Å². The number of aliphatic hydroxyl groups is 1. The summed E-state index contributed by atoms with van der Waals surface area (Å²) in [6.45, 7) is 0.141. The van der Waals surface area contributed by atoms with Crippen LogP contribution in [0.5, 0.6) is 0 Å². The summed E-state index contributed by atoms with van der Waals surface area (Å²) in [6.07, 6.45) is 7.34. The first kappa shape index (κ1) is 12.0. The van der Waals surface area contributed by atoms with Crippen molar-refractivity contribution in [3.63, 3.8) is 0 Å². The van der Waals surface area contributed by atoms with Crippen molar-refractivity contribution in [1.82, 2.24) is 0 Å². The lowest BCUT2D eigenvalue weighted by molar-refractivity contribution is 0.0791. The Labute approximate surface area is 86.4 Å². The molecule has 0 aromatic heterocycles. The smallest absolute Gasteiger partial charge is 0.147 e. The predicted molar refractivity (Wildman–Crippen MR) is 56.9 cm³/mol. The lowest BCUT2D eigenvalue weighted by Crippen LogP contribution is -2.30. The largest absolute Gasteiger partial charge is 0.396 e. The normalized spacial score (nSPS) is 22.1. The van der Waals surface area contributed by atoms with Crippen LogP contribution in [0.25, 0.3) is 0 Å². The van der Waals surface area contributed by atoms with Crippen LogP contribution in [-0.2, 0) is 9.84 Å². The molecule has 0 bridgehead atoms. The zero-order valence-electron chi connectivity index (χ0n) is 8.83. The van der Waals surface area contributed by atoms with E-state index in [-0.39, 0.29) is 17.8 Å². The highest BCUT2D eigenvalue weighted by Crippen LogP contribution is 2.38. The molecule has 0 radical (unpaired) electrons. The Bertz CT molecular complexity index is 263. The molecule has 0 spiro atoms. The predicted octanol–water partition coefficient (Wildman–Crippen LogP) is 1.36. The van der Waals surface area contributed by atoms with Gasteiger partial charge in [0.05, 0.1) is 5.75 Å². The van der Waals surface area contributed by atoms with Crippen LogP contribution in [-0.4, -0.2) is 32.1 Å². The quantitative estimate of drug-likeness (QED) is 0.778. The molecule has 84 valence electrons. The molecule has 1 aliphatic rings. The fourth-order valence-corrected chi connectivity index (χ4v) is 2.99. The molecule has 1 N–H and O–H groups in total. The van der Waals surface area contributed by atoms with E-state index in [0.29, 0.717) is 6.42 Å². The lowest BCUT2D eigenvalue weighted by atomic mass is 9.73. The van der Waals surface area contributed by atoms with Gasteiger partial charge in [-0.05, 0) is 24.7 Å². The molecule has 0 unspecified atom stereocenters. The van der Waals surface area contributed by atoms with Crippen LogP contribution in [0.3, 0.4) is 0 Å². The average Bonchev–Trinajstić information content (AvgIpc) is 2.15. The summed E-state index contributed by atoms with van der Waals surface area (Å²) < 4.78 is 22.1. The molecule has 3 nitrogen and oxygen atoms in total. The van der Waals surface area contributed by atoms with Crippen molar-refractivity contribution in [2.75, 3.05) is 18.6 Å². The molecular weight excluding hydrogens is 200 g/mol. The molecule has 4 heteroatoms. The van der Waals surface area contributed by atoms with Crippen LogP contribution in [0.15, 0.2) is 0 Å². The summed E-state index contributed by atoms with van der Waals surface area (Å²) in [7, 11) is -2.88. The fourth-order valence-electron chi connectivity index (χ4n) is 2.19. The van der Waals surface area contributed by atoms with Crippen LogP contribution in [0.2, 0.25) is 0 Å². The molecule has 0 saturated heterocycles. The number of rotatable bonds is 4. The highest BCUT2D eigenvalue weighted by Gasteiger charge is 2.31. The molecule has 0 aromatic rings. The van der Waals surface area contributed by atoms with Crippen LogP contribution in [0.4, 0.5) is 0 Å². The van der Waals surface area contributed by atoms with Gasteiger partial charge < -0.3 is 5.11 Å². The van der Waals surface area contributed by atoms with Gasteiger partial charge in [0.1, 0.15) is 9.84 Å².